The molecule has 0 unspecified atom stereocenters. The van der Waals surface area contributed by atoms with Gasteiger partial charge in [-0.25, -0.2) is 4.98 Å². The van der Waals surface area contributed by atoms with Crippen LogP contribution in [0.2, 0.25) is 0 Å². The molecule has 0 aliphatic carbocycles. The van der Waals surface area contributed by atoms with Gasteiger partial charge in [-0.2, -0.15) is 18.2 Å². The summed E-state index contributed by atoms with van der Waals surface area (Å²) in [6, 6.07) is 13.7. The van der Waals surface area contributed by atoms with Gasteiger partial charge in [0.15, 0.2) is 0 Å². The van der Waals surface area contributed by atoms with Crippen molar-refractivity contribution in [2.45, 2.75) is 33.1 Å². The number of nitrogens with zero attached hydrogens (tertiary/aromatic N) is 2. The third kappa shape index (κ3) is 6.00. The summed E-state index contributed by atoms with van der Waals surface area (Å²) < 4.78 is 51.6. The van der Waals surface area contributed by atoms with Crippen molar-refractivity contribution < 1.29 is 22.6 Å². The number of alkyl halides is 3. The van der Waals surface area contributed by atoms with Gasteiger partial charge in [0, 0.05) is 11.9 Å². The van der Waals surface area contributed by atoms with Gasteiger partial charge in [-0.3, -0.25) is 0 Å². The zero-order valence-electron chi connectivity index (χ0n) is 17.3. The molecule has 1 aromatic heterocycles. The molecular weight excluding hydrogens is 409 g/mol. The van der Waals surface area contributed by atoms with Crippen molar-refractivity contribution in [3.05, 3.63) is 60.3 Å². The summed E-state index contributed by atoms with van der Waals surface area (Å²) in [5.41, 5.74) is -0.00347. The molecule has 31 heavy (non-hydrogen) atoms. The fraction of sp³-hybridized carbons (Fsp3) is 0.273. The molecule has 164 valence electrons. The quantitative estimate of drug-likeness (QED) is 0.444. The van der Waals surface area contributed by atoms with E-state index in [4.69, 9.17) is 9.47 Å². The fourth-order valence-electron chi connectivity index (χ4n) is 2.74. The van der Waals surface area contributed by atoms with Crippen LogP contribution in [0.3, 0.4) is 0 Å². The van der Waals surface area contributed by atoms with Crippen LogP contribution in [0.15, 0.2) is 54.7 Å². The Morgan fingerprint density at radius 3 is 2.35 bits per heavy atom. The highest BCUT2D eigenvalue weighted by Gasteiger charge is 2.35. The molecule has 2 aromatic carbocycles. The Hall–Kier alpha value is -3.49. The Labute approximate surface area is 178 Å². The molecule has 0 saturated carbocycles. The van der Waals surface area contributed by atoms with E-state index in [2.05, 4.69) is 20.6 Å². The van der Waals surface area contributed by atoms with Crippen molar-refractivity contribution in [3.8, 4) is 11.5 Å². The highest BCUT2D eigenvalue weighted by molar-refractivity contribution is 5.67. The van der Waals surface area contributed by atoms with Gasteiger partial charge in [0.1, 0.15) is 22.9 Å². The van der Waals surface area contributed by atoms with Crippen molar-refractivity contribution in [1.82, 2.24) is 9.97 Å². The minimum Gasteiger partial charge on any atom is -0.492 e. The van der Waals surface area contributed by atoms with Crippen molar-refractivity contribution in [2.75, 3.05) is 17.2 Å². The summed E-state index contributed by atoms with van der Waals surface area (Å²) in [5.74, 6) is 0.745. The van der Waals surface area contributed by atoms with Crippen molar-refractivity contribution in [2.24, 2.45) is 0 Å². The highest BCUT2D eigenvalue weighted by Crippen LogP contribution is 2.37. The lowest BCUT2D eigenvalue weighted by atomic mass is 10.2. The maximum Gasteiger partial charge on any atom is 0.421 e. The first-order valence-electron chi connectivity index (χ1n) is 9.73. The van der Waals surface area contributed by atoms with Crippen LogP contribution >= 0.6 is 0 Å². The molecule has 0 spiro atoms. The minimum absolute atomic E-state index is 0.0157. The molecule has 0 aliphatic heterocycles. The molecule has 3 aromatic rings. The number of aromatic nitrogens is 2. The summed E-state index contributed by atoms with van der Waals surface area (Å²) in [5, 5.41) is 5.65. The summed E-state index contributed by atoms with van der Waals surface area (Å²) in [6.45, 7) is 6.00. The molecule has 2 N–H and O–H groups in total. The minimum atomic E-state index is -4.63. The normalized spacial score (nSPS) is 11.3. The van der Waals surface area contributed by atoms with Gasteiger partial charge in [0.2, 0.25) is 5.95 Å². The van der Waals surface area contributed by atoms with Gasteiger partial charge < -0.3 is 20.1 Å². The molecule has 0 saturated heterocycles. The number of halogens is 3. The zero-order valence-corrected chi connectivity index (χ0v) is 17.3. The van der Waals surface area contributed by atoms with Crippen LogP contribution in [0.25, 0.3) is 0 Å². The Kier molecular flexibility index (Phi) is 6.84. The third-order valence-electron chi connectivity index (χ3n) is 4.02. The van der Waals surface area contributed by atoms with Crippen LogP contribution in [0.5, 0.6) is 11.5 Å². The van der Waals surface area contributed by atoms with E-state index >= 15 is 0 Å². The number of rotatable bonds is 8. The lowest BCUT2D eigenvalue weighted by Gasteiger charge is -2.17. The number of nitrogens with one attached hydrogen (secondary N) is 2. The van der Waals surface area contributed by atoms with E-state index in [9.17, 15) is 13.2 Å². The highest BCUT2D eigenvalue weighted by atomic mass is 19.4. The maximum absolute atomic E-state index is 13.5. The van der Waals surface area contributed by atoms with Gasteiger partial charge in [-0.15, -0.1) is 0 Å². The van der Waals surface area contributed by atoms with E-state index < -0.39 is 11.7 Å². The molecule has 1 heterocycles. The molecule has 3 rings (SSSR count). The first-order chi connectivity index (χ1) is 14.8. The van der Waals surface area contributed by atoms with Gasteiger partial charge in [0.25, 0.3) is 0 Å². The van der Waals surface area contributed by atoms with Crippen LogP contribution in [0.4, 0.5) is 36.3 Å². The van der Waals surface area contributed by atoms with Crippen molar-refractivity contribution in [1.29, 1.82) is 0 Å². The summed E-state index contributed by atoms with van der Waals surface area (Å²) in [6.07, 6.45) is -3.85. The van der Waals surface area contributed by atoms with Crippen molar-refractivity contribution in [3.63, 3.8) is 0 Å². The Balaban J connectivity index is 1.89. The van der Waals surface area contributed by atoms with E-state index in [-0.39, 0.29) is 17.9 Å². The van der Waals surface area contributed by atoms with E-state index in [1.807, 2.05) is 13.8 Å². The number of hydrogen-bond donors (Lipinski definition) is 2. The molecule has 6 nitrogen and oxygen atoms in total. The van der Waals surface area contributed by atoms with Gasteiger partial charge in [-0.05, 0) is 57.2 Å². The smallest absolute Gasteiger partial charge is 0.421 e. The SMILES string of the molecule is CCOc1ccccc1Nc1nc(Nc2ccc(OC(C)C)cc2)ncc1C(F)(F)F. The molecule has 0 fully saturated rings. The topological polar surface area (TPSA) is 68.3 Å². The van der Waals surface area contributed by atoms with Crippen LogP contribution in [-0.4, -0.2) is 22.7 Å². The molecule has 0 bridgehead atoms. The second-order valence-electron chi connectivity index (χ2n) is 6.82. The van der Waals surface area contributed by atoms with E-state index in [1.54, 1.807) is 55.5 Å². The van der Waals surface area contributed by atoms with Gasteiger partial charge >= 0.3 is 6.18 Å². The number of benzene rings is 2. The fourth-order valence-corrected chi connectivity index (χ4v) is 2.74. The Bertz CT molecular complexity index is 1010. The number of ether oxygens (including phenoxy) is 2. The molecular formula is C22H23F3N4O2. The van der Waals surface area contributed by atoms with E-state index in [0.29, 0.717) is 29.5 Å². The Morgan fingerprint density at radius 2 is 1.71 bits per heavy atom. The first-order valence-corrected chi connectivity index (χ1v) is 9.73. The predicted molar refractivity (Wildman–Crippen MR) is 113 cm³/mol. The molecule has 0 radical (unpaired) electrons. The lowest BCUT2D eigenvalue weighted by molar-refractivity contribution is -0.137. The zero-order chi connectivity index (χ0) is 22.4. The van der Waals surface area contributed by atoms with Crippen LogP contribution in [0, 0.1) is 0 Å². The summed E-state index contributed by atoms with van der Waals surface area (Å²) in [4.78, 5) is 7.89. The molecule has 9 heteroatoms. The van der Waals surface area contributed by atoms with Crippen LogP contribution in [-0.2, 0) is 6.18 Å². The van der Waals surface area contributed by atoms with Crippen LogP contribution in [0.1, 0.15) is 26.3 Å². The largest absolute Gasteiger partial charge is 0.492 e. The summed E-state index contributed by atoms with van der Waals surface area (Å²) >= 11 is 0. The van der Waals surface area contributed by atoms with E-state index in [1.165, 1.54) is 0 Å². The number of hydrogen-bond acceptors (Lipinski definition) is 6. The summed E-state index contributed by atoms with van der Waals surface area (Å²) in [7, 11) is 0. The molecule has 0 aliphatic rings. The second-order valence-corrected chi connectivity index (χ2v) is 6.82. The molecule has 0 amide bonds. The van der Waals surface area contributed by atoms with Gasteiger partial charge in [-0.1, -0.05) is 12.1 Å². The molecule has 0 atom stereocenters. The Morgan fingerprint density at radius 1 is 1.00 bits per heavy atom. The number of anilines is 4. The number of para-hydroxylation sites is 2. The third-order valence-corrected chi connectivity index (χ3v) is 4.02. The monoisotopic (exact) mass is 432 g/mol. The maximum atomic E-state index is 13.5. The average Bonchev–Trinajstić information content (AvgIpc) is 2.70. The first kappa shape index (κ1) is 22.2. The second kappa shape index (κ2) is 9.55. The predicted octanol–water partition coefficient (Wildman–Crippen LogP) is 6.17. The van der Waals surface area contributed by atoms with E-state index in [0.717, 1.165) is 6.20 Å². The standard InChI is InChI=1S/C22H23F3N4O2/c1-4-30-19-8-6-5-7-18(19)28-20-17(22(23,24)25)13-26-21(29-20)27-15-9-11-16(12-10-15)31-14(2)3/h5-14H,4H2,1-3H3,(H2,26,27,28,29). The van der Waals surface area contributed by atoms with Crippen LogP contribution < -0.4 is 20.1 Å². The average molecular weight is 432 g/mol. The lowest BCUT2D eigenvalue weighted by Crippen LogP contribution is -2.13. The van der Waals surface area contributed by atoms with Crippen molar-refractivity contribution >= 4 is 23.1 Å². The van der Waals surface area contributed by atoms with Gasteiger partial charge in [0.05, 0.1) is 18.4 Å².